The molecule has 0 radical (unpaired) electrons. The van der Waals surface area contributed by atoms with E-state index in [9.17, 15) is 9.59 Å². The van der Waals surface area contributed by atoms with Crippen molar-refractivity contribution in [3.8, 4) is 0 Å². The van der Waals surface area contributed by atoms with E-state index < -0.39 is 5.97 Å². The quantitative estimate of drug-likeness (QED) is 0.641. The summed E-state index contributed by atoms with van der Waals surface area (Å²) in [5.41, 5.74) is 0.914. The minimum atomic E-state index is -0.457. The number of benzene rings is 1. The van der Waals surface area contributed by atoms with Gasteiger partial charge >= 0.3 is 12.0 Å². The third-order valence-electron chi connectivity index (χ3n) is 4.44. The monoisotopic (exact) mass is 377 g/mol. The largest absolute Gasteiger partial charge is 0.460 e. The maximum absolute atomic E-state index is 12.0. The highest BCUT2D eigenvalue weighted by atomic mass is 16.5. The van der Waals surface area contributed by atoms with Gasteiger partial charge in [0.1, 0.15) is 13.2 Å². The summed E-state index contributed by atoms with van der Waals surface area (Å²) in [4.78, 5) is 26.1. The lowest BCUT2D eigenvalue weighted by atomic mass is 10.0. The maximum atomic E-state index is 12.0. The highest BCUT2D eigenvalue weighted by Gasteiger charge is 2.22. The standard InChI is InChI=1S/C20H31N3O4/c1-16(2)12-18(23-8-10-26-11-9-23)13-21-20(25)22-14-19(24)27-15-17-6-4-3-5-7-17/h3-7,16,18H,8-15H2,1-2H3,(H2,21,22,25). The Balaban J connectivity index is 1.67. The van der Waals surface area contributed by atoms with Gasteiger partial charge in [-0.3, -0.25) is 9.69 Å². The van der Waals surface area contributed by atoms with Crippen LogP contribution in [0.25, 0.3) is 0 Å². The molecular weight excluding hydrogens is 346 g/mol. The number of amides is 2. The molecule has 2 amide bonds. The van der Waals surface area contributed by atoms with Crippen molar-refractivity contribution in [2.24, 2.45) is 5.92 Å². The molecule has 1 aromatic carbocycles. The lowest BCUT2D eigenvalue weighted by Crippen LogP contribution is -2.51. The number of rotatable bonds is 9. The van der Waals surface area contributed by atoms with E-state index in [4.69, 9.17) is 9.47 Å². The van der Waals surface area contributed by atoms with Crippen LogP contribution in [0.1, 0.15) is 25.8 Å². The van der Waals surface area contributed by atoms with Crippen LogP contribution in [0.15, 0.2) is 30.3 Å². The molecule has 1 unspecified atom stereocenters. The molecule has 2 rings (SSSR count). The summed E-state index contributed by atoms with van der Waals surface area (Å²) in [5.74, 6) is 0.0802. The van der Waals surface area contributed by atoms with Crippen LogP contribution in [0, 0.1) is 5.92 Å². The van der Waals surface area contributed by atoms with E-state index >= 15 is 0 Å². The molecule has 0 aliphatic carbocycles. The average Bonchev–Trinajstić information content (AvgIpc) is 2.69. The van der Waals surface area contributed by atoms with Gasteiger partial charge in [-0.25, -0.2) is 4.79 Å². The Morgan fingerprint density at radius 2 is 1.85 bits per heavy atom. The second-order valence-electron chi connectivity index (χ2n) is 7.14. The fourth-order valence-electron chi connectivity index (χ4n) is 3.06. The van der Waals surface area contributed by atoms with Crippen LogP contribution in [0.5, 0.6) is 0 Å². The summed E-state index contributed by atoms with van der Waals surface area (Å²) in [6.07, 6.45) is 0.999. The zero-order chi connectivity index (χ0) is 19.5. The fourth-order valence-corrected chi connectivity index (χ4v) is 3.06. The molecule has 1 aromatic rings. The van der Waals surface area contributed by atoms with Gasteiger partial charge in [0, 0.05) is 25.7 Å². The SMILES string of the molecule is CC(C)CC(CNC(=O)NCC(=O)OCc1ccccc1)N1CCOCC1. The van der Waals surface area contributed by atoms with Crippen molar-refractivity contribution >= 4 is 12.0 Å². The molecule has 1 heterocycles. The van der Waals surface area contributed by atoms with E-state index in [1.807, 2.05) is 30.3 Å². The lowest BCUT2D eigenvalue weighted by molar-refractivity contribution is -0.143. The first-order valence-electron chi connectivity index (χ1n) is 9.57. The Morgan fingerprint density at radius 1 is 1.15 bits per heavy atom. The molecule has 1 saturated heterocycles. The Kier molecular flexibility index (Phi) is 9.07. The normalized spacial score (nSPS) is 16.0. The van der Waals surface area contributed by atoms with E-state index in [2.05, 4.69) is 29.4 Å². The van der Waals surface area contributed by atoms with Crippen LogP contribution in [0.2, 0.25) is 0 Å². The van der Waals surface area contributed by atoms with Crippen LogP contribution in [-0.4, -0.2) is 62.3 Å². The van der Waals surface area contributed by atoms with E-state index in [-0.39, 0.29) is 25.2 Å². The Labute approximate surface area is 161 Å². The molecule has 7 heteroatoms. The molecule has 0 spiro atoms. The first-order chi connectivity index (χ1) is 13.0. The van der Waals surface area contributed by atoms with Gasteiger partial charge in [-0.1, -0.05) is 44.2 Å². The number of esters is 1. The highest BCUT2D eigenvalue weighted by molar-refractivity contribution is 5.80. The first kappa shape index (κ1) is 21.2. The van der Waals surface area contributed by atoms with Crippen LogP contribution in [0.4, 0.5) is 4.79 Å². The second-order valence-corrected chi connectivity index (χ2v) is 7.14. The third kappa shape index (κ3) is 8.41. The molecule has 0 bridgehead atoms. The number of ether oxygens (including phenoxy) is 2. The van der Waals surface area contributed by atoms with Gasteiger partial charge in [-0.2, -0.15) is 0 Å². The van der Waals surface area contributed by atoms with Crippen LogP contribution < -0.4 is 10.6 Å². The molecule has 150 valence electrons. The number of nitrogens with zero attached hydrogens (tertiary/aromatic N) is 1. The number of morpholine rings is 1. The van der Waals surface area contributed by atoms with Crippen molar-refractivity contribution < 1.29 is 19.1 Å². The number of nitrogens with one attached hydrogen (secondary N) is 2. The van der Waals surface area contributed by atoms with Gasteiger partial charge in [0.2, 0.25) is 0 Å². The predicted octanol–water partition coefficient (Wildman–Crippen LogP) is 1.78. The van der Waals surface area contributed by atoms with Gasteiger partial charge in [0.05, 0.1) is 13.2 Å². The zero-order valence-electron chi connectivity index (χ0n) is 16.3. The van der Waals surface area contributed by atoms with Crippen LogP contribution >= 0.6 is 0 Å². The first-order valence-corrected chi connectivity index (χ1v) is 9.57. The van der Waals surface area contributed by atoms with E-state index in [0.717, 1.165) is 38.3 Å². The van der Waals surface area contributed by atoms with Gasteiger partial charge in [0.15, 0.2) is 0 Å². The topological polar surface area (TPSA) is 79.9 Å². The van der Waals surface area contributed by atoms with Crippen molar-refractivity contribution in [2.45, 2.75) is 32.9 Å². The molecular formula is C20H31N3O4. The molecule has 1 aliphatic heterocycles. The van der Waals surface area contributed by atoms with E-state index in [1.54, 1.807) is 0 Å². The highest BCUT2D eigenvalue weighted by Crippen LogP contribution is 2.12. The van der Waals surface area contributed by atoms with Crippen LogP contribution in [0.3, 0.4) is 0 Å². The minimum absolute atomic E-state index is 0.148. The van der Waals surface area contributed by atoms with Crippen molar-refractivity contribution in [1.29, 1.82) is 0 Å². The molecule has 1 atom stereocenters. The average molecular weight is 377 g/mol. The van der Waals surface area contributed by atoms with Gasteiger partial charge < -0.3 is 20.1 Å². The number of carbonyl (C=O) groups is 2. The predicted molar refractivity (Wildman–Crippen MR) is 103 cm³/mol. The lowest BCUT2D eigenvalue weighted by Gasteiger charge is -2.35. The van der Waals surface area contributed by atoms with E-state index in [0.29, 0.717) is 12.5 Å². The van der Waals surface area contributed by atoms with Crippen molar-refractivity contribution in [1.82, 2.24) is 15.5 Å². The van der Waals surface area contributed by atoms with Gasteiger partial charge in [-0.05, 0) is 17.9 Å². The summed E-state index contributed by atoms with van der Waals surface area (Å²) in [6.45, 7) is 8.18. The molecule has 1 aliphatic rings. The smallest absolute Gasteiger partial charge is 0.325 e. The molecule has 1 fully saturated rings. The molecule has 0 saturated carbocycles. The summed E-state index contributed by atoms with van der Waals surface area (Å²) in [7, 11) is 0. The molecule has 7 nitrogen and oxygen atoms in total. The Bertz CT molecular complexity index is 574. The van der Waals surface area contributed by atoms with Crippen LogP contribution in [-0.2, 0) is 20.9 Å². The maximum Gasteiger partial charge on any atom is 0.325 e. The number of hydrogen-bond acceptors (Lipinski definition) is 5. The summed E-state index contributed by atoms with van der Waals surface area (Å²) in [6, 6.07) is 9.36. The Hall–Kier alpha value is -2.12. The van der Waals surface area contributed by atoms with Crippen molar-refractivity contribution in [3.05, 3.63) is 35.9 Å². The summed E-state index contributed by atoms with van der Waals surface area (Å²) >= 11 is 0. The fraction of sp³-hybridized carbons (Fsp3) is 0.600. The van der Waals surface area contributed by atoms with Gasteiger partial charge in [0.25, 0.3) is 0 Å². The van der Waals surface area contributed by atoms with Crippen molar-refractivity contribution in [3.63, 3.8) is 0 Å². The number of urea groups is 1. The summed E-state index contributed by atoms with van der Waals surface area (Å²) in [5, 5.41) is 5.44. The molecule has 27 heavy (non-hydrogen) atoms. The third-order valence-corrected chi connectivity index (χ3v) is 4.44. The van der Waals surface area contributed by atoms with Crippen molar-refractivity contribution in [2.75, 3.05) is 39.4 Å². The zero-order valence-corrected chi connectivity index (χ0v) is 16.3. The number of hydrogen-bond donors (Lipinski definition) is 2. The summed E-state index contributed by atoms with van der Waals surface area (Å²) < 4.78 is 10.6. The Morgan fingerprint density at radius 3 is 2.52 bits per heavy atom. The van der Waals surface area contributed by atoms with Gasteiger partial charge in [-0.15, -0.1) is 0 Å². The van der Waals surface area contributed by atoms with E-state index in [1.165, 1.54) is 0 Å². The molecule has 2 N–H and O–H groups in total. The minimum Gasteiger partial charge on any atom is -0.460 e. The second kappa shape index (κ2) is 11.6. The number of carbonyl (C=O) groups excluding carboxylic acids is 2. The molecule has 0 aromatic heterocycles.